The maximum Gasteiger partial charge on any atom is 0.226 e. The molecular formula is C19H23FN4O. The minimum atomic E-state index is -0.278. The number of hydrogen-bond acceptors (Lipinski definition) is 3. The first-order chi connectivity index (χ1) is 12.2. The van der Waals surface area contributed by atoms with E-state index < -0.39 is 0 Å². The molecule has 0 unspecified atom stereocenters. The lowest BCUT2D eigenvalue weighted by Crippen LogP contribution is -2.36. The number of halogens is 1. The van der Waals surface area contributed by atoms with Crippen LogP contribution in [0.15, 0.2) is 24.3 Å². The van der Waals surface area contributed by atoms with Crippen molar-refractivity contribution >= 4 is 5.91 Å². The van der Waals surface area contributed by atoms with Crippen molar-refractivity contribution in [3.8, 4) is 11.4 Å². The fourth-order valence-corrected chi connectivity index (χ4v) is 4.05. The van der Waals surface area contributed by atoms with Gasteiger partial charge in [0.05, 0.1) is 6.04 Å². The van der Waals surface area contributed by atoms with E-state index in [-0.39, 0.29) is 23.7 Å². The van der Waals surface area contributed by atoms with E-state index in [0.717, 1.165) is 56.5 Å². The molecule has 1 amide bonds. The number of nitrogens with one attached hydrogen (secondary N) is 1. The molecule has 1 atom stereocenters. The normalized spacial score (nSPS) is 21.6. The van der Waals surface area contributed by atoms with Crippen molar-refractivity contribution in [2.45, 2.75) is 51.0 Å². The summed E-state index contributed by atoms with van der Waals surface area (Å²) in [5.41, 5.74) is 0.770. The molecule has 0 bridgehead atoms. The SMILES string of the molecule is O=C(C1CCCCC1)N1CCC[C@H]1c1nc(-c2ccc(F)cc2)n[nH]1. The molecule has 1 aliphatic carbocycles. The average molecular weight is 342 g/mol. The third-order valence-corrected chi connectivity index (χ3v) is 5.41. The first-order valence-corrected chi connectivity index (χ1v) is 9.21. The summed E-state index contributed by atoms with van der Waals surface area (Å²) in [7, 11) is 0. The molecule has 2 aromatic rings. The zero-order valence-electron chi connectivity index (χ0n) is 14.2. The van der Waals surface area contributed by atoms with E-state index in [1.807, 2.05) is 4.90 Å². The number of aromatic nitrogens is 3. The summed E-state index contributed by atoms with van der Waals surface area (Å²) in [6.07, 6.45) is 7.50. The molecule has 6 heteroatoms. The lowest BCUT2D eigenvalue weighted by Gasteiger charge is -2.29. The number of benzene rings is 1. The minimum Gasteiger partial charge on any atom is -0.332 e. The highest BCUT2D eigenvalue weighted by molar-refractivity contribution is 5.79. The maximum atomic E-state index is 13.1. The van der Waals surface area contributed by atoms with E-state index in [1.54, 1.807) is 12.1 Å². The van der Waals surface area contributed by atoms with Crippen LogP contribution >= 0.6 is 0 Å². The minimum absolute atomic E-state index is 0.0175. The van der Waals surface area contributed by atoms with E-state index in [2.05, 4.69) is 15.2 Å². The topological polar surface area (TPSA) is 61.9 Å². The van der Waals surface area contributed by atoms with Gasteiger partial charge in [0.2, 0.25) is 5.91 Å². The van der Waals surface area contributed by atoms with Crippen LogP contribution in [0.3, 0.4) is 0 Å². The first-order valence-electron chi connectivity index (χ1n) is 9.21. The van der Waals surface area contributed by atoms with Crippen molar-refractivity contribution in [3.63, 3.8) is 0 Å². The molecular weight excluding hydrogens is 319 g/mol. The predicted molar refractivity (Wildman–Crippen MR) is 92.0 cm³/mol. The molecule has 2 fully saturated rings. The van der Waals surface area contributed by atoms with Crippen LogP contribution in [0.25, 0.3) is 11.4 Å². The summed E-state index contributed by atoms with van der Waals surface area (Å²) in [4.78, 5) is 19.5. The summed E-state index contributed by atoms with van der Waals surface area (Å²) in [6, 6.07) is 6.12. The van der Waals surface area contributed by atoms with Crippen molar-refractivity contribution in [1.82, 2.24) is 20.1 Å². The van der Waals surface area contributed by atoms with Crippen molar-refractivity contribution in [1.29, 1.82) is 0 Å². The predicted octanol–water partition coefficient (Wildman–Crippen LogP) is 3.85. The fraction of sp³-hybridized carbons (Fsp3) is 0.526. The summed E-state index contributed by atoms with van der Waals surface area (Å²) >= 11 is 0. The van der Waals surface area contributed by atoms with Gasteiger partial charge < -0.3 is 4.90 Å². The lowest BCUT2D eigenvalue weighted by atomic mass is 9.88. The molecule has 0 radical (unpaired) electrons. The lowest BCUT2D eigenvalue weighted by molar-refractivity contribution is -0.137. The zero-order valence-corrected chi connectivity index (χ0v) is 14.2. The van der Waals surface area contributed by atoms with Crippen molar-refractivity contribution < 1.29 is 9.18 Å². The molecule has 0 spiro atoms. The van der Waals surface area contributed by atoms with Gasteiger partial charge in [-0.3, -0.25) is 9.89 Å². The number of likely N-dealkylation sites (tertiary alicyclic amines) is 1. The second-order valence-electron chi connectivity index (χ2n) is 7.08. The van der Waals surface area contributed by atoms with E-state index in [1.165, 1.54) is 18.6 Å². The average Bonchev–Trinajstić information content (AvgIpc) is 3.31. The quantitative estimate of drug-likeness (QED) is 0.921. The molecule has 2 heterocycles. The summed E-state index contributed by atoms with van der Waals surface area (Å²) in [6.45, 7) is 0.798. The van der Waals surface area contributed by atoms with Crippen LogP contribution in [0.5, 0.6) is 0 Å². The number of nitrogens with zero attached hydrogens (tertiary/aromatic N) is 3. The first kappa shape index (κ1) is 16.2. The second kappa shape index (κ2) is 6.94. The summed E-state index contributed by atoms with van der Waals surface area (Å²) < 4.78 is 13.1. The molecule has 1 saturated carbocycles. The highest BCUT2D eigenvalue weighted by Crippen LogP contribution is 2.35. The monoisotopic (exact) mass is 342 g/mol. The Balaban J connectivity index is 1.52. The Labute approximate surface area is 146 Å². The van der Waals surface area contributed by atoms with Crippen LogP contribution in [0.2, 0.25) is 0 Å². The van der Waals surface area contributed by atoms with Crippen molar-refractivity contribution in [3.05, 3.63) is 35.9 Å². The van der Waals surface area contributed by atoms with Gasteiger partial charge in [0.1, 0.15) is 11.6 Å². The van der Waals surface area contributed by atoms with Gasteiger partial charge in [-0.1, -0.05) is 19.3 Å². The van der Waals surface area contributed by atoms with Crippen molar-refractivity contribution in [2.24, 2.45) is 5.92 Å². The van der Waals surface area contributed by atoms with Crippen molar-refractivity contribution in [2.75, 3.05) is 6.54 Å². The van der Waals surface area contributed by atoms with Crippen LogP contribution in [-0.2, 0) is 4.79 Å². The van der Waals surface area contributed by atoms with Gasteiger partial charge in [0.15, 0.2) is 5.82 Å². The molecule has 1 aromatic carbocycles. The molecule has 1 aromatic heterocycles. The molecule has 4 rings (SSSR count). The molecule has 25 heavy (non-hydrogen) atoms. The Hall–Kier alpha value is -2.24. The molecule has 1 saturated heterocycles. The second-order valence-corrected chi connectivity index (χ2v) is 7.08. The van der Waals surface area contributed by atoms with Crippen LogP contribution in [-0.4, -0.2) is 32.5 Å². The van der Waals surface area contributed by atoms with Gasteiger partial charge in [0.25, 0.3) is 0 Å². The Kier molecular flexibility index (Phi) is 4.51. The Bertz CT molecular complexity index is 736. The Morgan fingerprint density at radius 1 is 1.08 bits per heavy atom. The van der Waals surface area contributed by atoms with E-state index >= 15 is 0 Å². The third-order valence-electron chi connectivity index (χ3n) is 5.41. The van der Waals surface area contributed by atoms with Gasteiger partial charge in [-0.25, -0.2) is 9.37 Å². The number of aromatic amines is 1. The van der Waals surface area contributed by atoms with Gasteiger partial charge >= 0.3 is 0 Å². The van der Waals surface area contributed by atoms with Crippen LogP contribution < -0.4 is 0 Å². The Morgan fingerprint density at radius 2 is 1.84 bits per heavy atom. The van der Waals surface area contributed by atoms with E-state index in [0.29, 0.717) is 5.82 Å². The standard InChI is InChI=1S/C19H23FN4O/c20-15-10-8-13(9-11-15)17-21-18(23-22-17)16-7-4-12-24(16)19(25)14-5-2-1-3-6-14/h8-11,14,16H,1-7,12H2,(H,21,22,23)/t16-/m0/s1. The molecule has 1 aliphatic heterocycles. The van der Waals surface area contributed by atoms with Gasteiger partial charge in [-0.2, -0.15) is 5.10 Å². The van der Waals surface area contributed by atoms with Gasteiger partial charge in [-0.15, -0.1) is 0 Å². The smallest absolute Gasteiger partial charge is 0.226 e. The zero-order chi connectivity index (χ0) is 17.2. The number of amides is 1. The summed E-state index contributed by atoms with van der Waals surface area (Å²) in [5.74, 6) is 1.46. The fourth-order valence-electron chi connectivity index (χ4n) is 4.05. The largest absolute Gasteiger partial charge is 0.332 e. The van der Waals surface area contributed by atoms with Crippen LogP contribution in [0.4, 0.5) is 4.39 Å². The molecule has 132 valence electrons. The van der Waals surface area contributed by atoms with Crippen LogP contribution in [0.1, 0.15) is 56.8 Å². The van der Waals surface area contributed by atoms with Gasteiger partial charge in [-0.05, 0) is 49.9 Å². The van der Waals surface area contributed by atoms with Gasteiger partial charge in [0, 0.05) is 18.0 Å². The molecule has 2 aliphatic rings. The van der Waals surface area contributed by atoms with Crippen LogP contribution in [0, 0.1) is 11.7 Å². The number of H-pyrrole nitrogens is 1. The number of carbonyl (C=O) groups excluding carboxylic acids is 1. The third kappa shape index (κ3) is 3.30. The Morgan fingerprint density at radius 3 is 2.60 bits per heavy atom. The summed E-state index contributed by atoms with van der Waals surface area (Å²) in [5, 5.41) is 7.27. The van der Waals surface area contributed by atoms with E-state index in [4.69, 9.17) is 0 Å². The maximum absolute atomic E-state index is 13.1. The number of rotatable bonds is 3. The molecule has 1 N–H and O–H groups in total. The number of hydrogen-bond donors (Lipinski definition) is 1. The highest BCUT2D eigenvalue weighted by atomic mass is 19.1. The van der Waals surface area contributed by atoms with E-state index in [9.17, 15) is 9.18 Å². The number of carbonyl (C=O) groups is 1. The highest BCUT2D eigenvalue weighted by Gasteiger charge is 2.36. The molecule has 5 nitrogen and oxygen atoms in total.